The van der Waals surface area contributed by atoms with Crippen molar-refractivity contribution in [1.82, 2.24) is 9.80 Å². The second-order valence-corrected chi connectivity index (χ2v) is 7.05. The van der Waals surface area contributed by atoms with E-state index in [2.05, 4.69) is 16.8 Å². The van der Waals surface area contributed by atoms with Crippen LogP contribution in [0.3, 0.4) is 0 Å². The number of ether oxygens (including phenoxy) is 1. The highest BCUT2D eigenvalue weighted by molar-refractivity contribution is 5.86. The van der Waals surface area contributed by atoms with Crippen molar-refractivity contribution in [2.75, 3.05) is 33.4 Å². The zero-order valence-corrected chi connectivity index (χ0v) is 13.5. The SMILES string of the molecule is CN(C(=O)C1(N2CCOCC2)CCCCC1)C1CCCC1. The van der Waals surface area contributed by atoms with Gasteiger partial charge in [-0.3, -0.25) is 9.69 Å². The number of hydrogen-bond acceptors (Lipinski definition) is 3. The van der Waals surface area contributed by atoms with Gasteiger partial charge >= 0.3 is 0 Å². The van der Waals surface area contributed by atoms with Crippen molar-refractivity contribution in [3.63, 3.8) is 0 Å². The summed E-state index contributed by atoms with van der Waals surface area (Å²) < 4.78 is 5.51. The van der Waals surface area contributed by atoms with Gasteiger partial charge in [-0.2, -0.15) is 0 Å². The fourth-order valence-electron chi connectivity index (χ4n) is 4.58. The molecule has 0 aromatic carbocycles. The summed E-state index contributed by atoms with van der Waals surface area (Å²) in [7, 11) is 2.05. The van der Waals surface area contributed by atoms with E-state index in [9.17, 15) is 4.79 Å². The Balaban J connectivity index is 1.78. The number of hydrogen-bond donors (Lipinski definition) is 0. The molecule has 0 aromatic heterocycles. The van der Waals surface area contributed by atoms with Crippen molar-refractivity contribution in [3.8, 4) is 0 Å². The summed E-state index contributed by atoms with van der Waals surface area (Å²) in [5.74, 6) is 0.399. The Morgan fingerprint density at radius 2 is 1.67 bits per heavy atom. The lowest BCUT2D eigenvalue weighted by Crippen LogP contribution is -2.63. The lowest BCUT2D eigenvalue weighted by atomic mass is 9.78. The lowest BCUT2D eigenvalue weighted by molar-refractivity contribution is -0.152. The molecule has 4 heteroatoms. The first kappa shape index (κ1) is 15.3. The summed E-state index contributed by atoms with van der Waals surface area (Å²) in [5, 5.41) is 0. The van der Waals surface area contributed by atoms with Crippen molar-refractivity contribution in [1.29, 1.82) is 0 Å². The minimum atomic E-state index is -0.223. The van der Waals surface area contributed by atoms with Crippen LogP contribution >= 0.6 is 0 Å². The topological polar surface area (TPSA) is 32.8 Å². The number of nitrogens with zero attached hydrogens (tertiary/aromatic N) is 2. The number of amides is 1. The minimum absolute atomic E-state index is 0.223. The maximum absolute atomic E-state index is 13.3. The van der Waals surface area contributed by atoms with Crippen molar-refractivity contribution in [3.05, 3.63) is 0 Å². The van der Waals surface area contributed by atoms with Crippen molar-refractivity contribution < 1.29 is 9.53 Å². The first-order valence-corrected chi connectivity index (χ1v) is 8.84. The summed E-state index contributed by atoms with van der Waals surface area (Å²) in [6.45, 7) is 3.40. The van der Waals surface area contributed by atoms with Crippen LogP contribution in [0.2, 0.25) is 0 Å². The number of morpholine rings is 1. The van der Waals surface area contributed by atoms with E-state index in [4.69, 9.17) is 4.74 Å². The van der Waals surface area contributed by atoms with E-state index in [1.54, 1.807) is 0 Å². The van der Waals surface area contributed by atoms with Gasteiger partial charge in [0.15, 0.2) is 0 Å². The number of rotatable bonds is 3. The minimum Gasteiger partial charge on any atom is -0.379 e. The van der Waals surface area contributed by atoms with Gasteiger partial charge in [0.25, 0.3) is 0 Å². The zero-order chi connectivity index (χ0) is 14.7. The van der Waals surface area contributed by atoms with Crippen LogP contribution < -0.4 is 0 Å². The quantitative estimate of drug-likeness (QED) is 0.801. The molecule has 0 aromatic rings. The average Bonchev–Trinajstić information content (AvgIpc) is 3.09. The van der Waals surface area contributed by atoms with Crippen LogP contribution in [0.15, 0.2) is 0 Å². The first-order chi connectivity index (χ1) is 10.2. The summed E-state index contributed by atoms with van der Waals surface area (Å²) in [6.07, 6.45) is 10.7. The van der Waals surface area contributed by atoms with Gasteiger partial charge in [0.1, 0.15) is 5.54 Å². The van der Waals surface area contributed by atoms with Crippen LogP contribution in [-0.4, -0.2) is 60.6 Å². The Kier molecular flexibility index (Phi) is 4.85. The van der Waals surface area contributed by atoms with E-state index in [1.807, 2.05) is 0 Å². The number of carbonyl (C=O) groups excluding carboxylic acids is 1. The summed E-state index contributed by atoms with van der Waals surface area (Å²) in [6, 6.07) is 0.484. The van der Waals surface area contributed by atoms with Crippen molar-refractivity contribution in [2.45, 2.75) is 69.4 Å². The molecule has 0 N–H and O–H groups in total. The Hall–Kier alpha value is -0.610. The van der Waals surface area contributed by atoms with E-state index >= 15 is 0 Å². The number of carbonyl (C=O) groups is 1. The third-order valence-electron chi connectivity index (χ3n) is 5.89. The molecule has 1 amide bonds. The van der Waals surface area contributed by atoms with E-state index in [1.165, 1.54) is 44.9 Å². The van der Waals surface area contributed by atoms with Crippen LogP contribution in [0.5, 0.6) is 0 Å². The van der Waals surface area contributed by atoms with Crippen LogP contribution in [-0.2, 0) is 9.53 Å². The molecule has 1 heterocycles. The van der Waals surface area contributed by atoms with Gasteiger partial charge in [-0.1, -0.05) is 32.1 Å². The normalized spacial score (nSPS) is 27.7. The van der Waals surface area contributed by atoms with Gasteiger partial charge in [-0.15, -0.1) is 0 Å². The van der Waals surface area contributed by atoms with Gasteiger partial charge in [-0.25, -0.2) is 0 Å². The van der Waals surface area contributed by atoms with E-state index in [0.29, 0.717) is 11.9 Å². The van der Waals surface area contributed by atoms with Crippen molar-refractivity contribution >= 4 is 5.91 Å². The molecule has 3 rings (SSSR count). The predicted molar refractivity (Wildman–Crippen MR) is 83.2 cm³/mol. The molecule has 2 aliphatic carbocycles. The lowest BCUT2D eigenvalue weighted by Gasteiger charge is -2.48. The number of likely N-dealkylation sites (N-methyl/N-ethyl adjacent to an activating group) is 1. The first-order valence-electron chi connectivity index (χ1n) is 8.84. The highest BCUT2D eigenvalue weighted by atomic mass is 16.5. The Labute approximate surface area is 128 Å². The summed E-state index contributed by atoms with van der Waals surface area (Å²) >= 11 is 0. The highest BCUT2D eigenvalue weighted by Gasteiger charge is 2.47. The largest absolute Gasteiger partial charge is 0.379 e. The molecular weight excluding hydrogens is 264 g/mol. The molecule has 1 aliphatic heterocycles. The second kappa shape index (κ2) is 6.66. The molecule has 21 heavy (non-hydrogen) atoms. The molecule has 0 radical (unpaired) electrons. The third kappa shape index (κ3) is 2.98. The molecule has 0 spiro atoms. The van der Waals surface area contributed by atoms with E-state index in [0.717, 1.165) is 39.1 Å². The second-order valence-electron chi connectivity index (χ2n) is 7.05. The molecule has 1 saturated heterocycles. The predicted octanol–water partition coefficient (Wildman–Crippen LogP) is 2.42. The third-order valence-corrected chi connectivity index (χ3v) is 5.89. The van der Waals surface area contributed by atoms with E-state index < -0.39 is 0 Å². The molecule has 0 unspecified atom stereocenters. The van der Waals surface area contributed by atoms with Gasteiger partial charge in [0.2, 0.25) is 5.91 Å². The molecule has 3 fully saturated rings. The Bertz CT molecular complexity index is 354. The maximum atomic E-state index is 13.3. The van der Waals surface area contributed by atoms with E-state index in [-0.39, 0.29) is 5.54 Å². The molecule has 2 saturated carbocycles. The summed E-state index contributed by atoms with van der Waals surface area (Å²) in [4.78, 5) is 17.9. The molecule has 0 atom stereocenters. The molecule has 0 bridgehead atoms. The van der Waals surface area contributed by atoms with Gasteiger partial charge in [0, 0.05) is 26.2 Å². The molecule has 4 nitrogen and oxygen atoms in total. The van der Waals surface area contributed by atoms with Crippen molar-refractivity contribution in [2.24, 2.45) is 0 Å². The highest BCUT2D eigenvalue weighted by Crippen LogP contribution is 2.37. The summed E-state index contributed by atoms with van der Waals surface area (Å²) in [5.41, 5.74) is -0.223. The van der Waals surface area contributed by atoms with Gasteiger partial charge in [-0.05, 0) is 25.7 Å². The maximum Gasteiger partial charge on any atom is 0.243 e. The molecular formula is C17H30N2O2. The standard InChI is InChI=1S/C17H30N2O2/c1-18(15-7-3-4-8-15)16(20)17(9-5-2-6-10-17)19-11-13-21-14-12-19/h15H,2-14H2,1H3. The van der Waals surface area contributed by atoms with Crippen LogP contribution in [0.25, 0.3) is 0 Å². The van der Waals surface area contributed by atoms with Crippen LogP contribution in [0, 0.1) is 0 Å². The fraction of sp³-hybridized carbons (Fsp3) is 0.941. The van der Waals surface area contributed by atoms with Gasteiger partial charge < -0.3 is 9.64 Å². The Morgan fingerprint density at radius 3 is 2.29 bits per heavy atom. The monoisotopic (exact) mass is 294 g/mol. The molecule has 3 aliphatic rings. The zero-order valence-electron chi connectivity index (χ0n) is 13.5. The Morgan fingerprint density at radius 1 is 1.05 bits per heavy atom. The smallest absolute Gasteiger partial charge is 0.243 e. The van der Waals surface area contributed by atoms with Crippen LogP contribution in [0.1, 0.15) is 57.8 Å². The average molecular weight is 294 g/mol. The van der Waals surface area contributed by atoms with Gasteiger partial charge in [0.05, 0.1) is 13.2 Å². The molecule has 120 valence electrons. The van der Waals surface area contributed by atoms with Crippen LogP contribution in [0.4, 0.5) is 0 Å². The fourth-order valence-corrected chi connectivity index (χ4v) is 4.58.